The Hall–Kier alpha value is -1.20. The fraction of sp³-hybridized carbons (Fsp3) is 0.833. The number of alkyl halides is 1. The highest BCUT2D eigenvalue weighted by atomic mass is 32.1. The van der Waals surface area contributed by atoms with Crippen LogP contribution in [-0.2, 0) is 14.3 Å². The van der Waals surface area contributed by atoms with Crippen LogP contribution in [0.4, 0.5) is 4.39 Å². The fourth-order valence-electron chi connectivity index (χ4n) is 2.51. The maximum atomic E-state index is 11.7. The molecule has 8 nitrogen and oxygen atoms in total. The summed E-state index contributed by atoms with van der Waals surface area (Å²) in [4.78, 5) is 27.6. The number of amides is 2. The van der Waals surface area contributed by atoms with Crippen molar-refractivity contribution < 1.29 is 23.8 Å². The molecule has 2 amide bonds. The lowest BCUT2D eigenvalue weighted by Crippen LogP contribution is -2.46. The SMILES string of the molecule is C=CC.CC.CF.CO.COCC(=O)NCCCCCC(=O)NCCN1CCN(C)CC1.CS. The summed E-state index contributed by atoms with van der Waals surface area (Å²) >= 11 is 3.53. The van der Waals surface area contributed by atoms with E-state index < -0.39 is 0 Å². The molecule has 0 radical (unpaired) electrons. The number of ether oxygens (including phenoxy) is 1. The van der Waals surface area contributed by atoms with Gasteiger partial charge in [-0.15, -0.1) is 6.58 Å². The summed E-state index contributed by atoms with van der Waals surface area (Å²) in [7, 11) is 5.14. The van der Waals surface area contributed by atoms with Crippen LogP contribution in [0, 0.1) is 0 Å². The minimum absolute atomic E-state index is 0.0888. The molecule has 1 rings (SSSR count). The van der Waals surface area contributed by atoms with E-state index in [0.29, 0.717) is 20.1 Å². The number of likely N-dealkylation sites (N-methyl/N-ethyl adjacent to an activating group) is 1. The number of methoxy groups -OCH3 is 1. The van der Waals surface area contributed by atoms with Crippen molar-refractivity contribution in [3.63, 3.8) is 0 Å². The number of nitrogens with zero attached hydrogens (tertiary/aromatic N) is 2. The number of halogens is 1. The topological polar surface area (TPSA) is 94.1 Å². The molecule has 0 aromatic rings. The normalized spacial score (nSPS) is 12.1. The Morgan fingerprint density at radius 2 is 1.47 bits per heavy atom. The zero-order chi connectivity index (χ0) is 27.6. The summed E-state index contributed by atoms with van der Waals surface area (Å²) in [5, 5.41) is 12.8. The maximum Gasteiger partial charge on any atom is 0.245 e. The molecule has 0 aliphatic carbocycles. The van der Waals surface area contributed by atoms with Crippen LogP contribution in [0.5, 0.6) is 0 Å². The Morgan fingerprint density at radius 1 is 1.00 bits per heavy atom. The van der Waals surface area contributed by atoms with Gasteiger partial charge in [-0.1, -0.05) is 26.3 Å². The van der Waals surface area contributed by atoms with Gasteiger partial charge >= 0.3 is 0 Å². The van der Waals surface area contributed by atoms with E-state index in [4.69, 9.17) is 9.84 Å². The minimum Gasteiger partial charge on any atom is -0.400 e. The molecule has 0 spiro atoms. The van der Waals surface area contributed by atoms with Gasteiger partial charge in [0.05, 0.1) is 7.18 Å². The van der Waals surface area contributed by atoms with E-state index in [0.717, 1.165) is 65.6 Å². The smallest absolute Gasteiger partial charge is 0.245 e. The average Bonchev–Trinajstić information content (AvgIpc) is 2.88. The predicted molar refractivity (Wildman–Crippen MR) is 148 cm³/mol. The number of thiol groups is 1. The quantitative estimate of drug-likeness (QED) is 0.192. The number of aliphatic hydroxyl groups is 1. The number of nitrogens with one attached hydrogen (secondary N) is 2. The zero-order valence-electron chi connectivity index (χ0n) is 23.2. The fourth-order valence-corrected chi connectivity index (χ4v) is 2.51. The molecule has 0 saturated carbocycles. The number of carbonyl (C=O) groups is 2. The first-order chi connectivity index (χ1) is 16.5. The molecule has 0 unspecified atom stereocenters. The lowest BCUT2D eigenvalue weighted by Gasteiger charge is -2.32. The van der Waals surface area contributed by atoms with Crippen LogP contribution in [0.2, 0.25) is 0 Å². The summed E-state index contributed by atoms with van der Waals surface area (Å²) in [6.07, 6.45) is 6.71. The van der Waals surface area contributed by atoms with Gasteiger partial charge in [0.1, 0.15) is 6.61 Å². The number of carbonyl (C=O) groups excluding carboxylic acids is 2. The van der Waals surface area contributed by atoms with Crippen LogP contribution < -0.4 is 10.6 Å². The van der Waals surface area contributed by atoms with E-state index in [1.165, 1.54) is 7.11 Å². The minimum atomic E-state index is -0.0888. The maximum absolute atomic E-state index is 11.7. The second-order valence-electron chi connectivity index (χ2n) is 6.50. The van der Waals surface area contributed by atoms with Gasteiger partial charge < -0.3 is 25.4 Å². The number of rotatable bonds is 11. The van der Waals surface area contributed by atoms with E-state index in [2.05, 4.69) is 46.7 Å². The second kappa shape index (κ2) is 42.0. The molecule has 3 N–H and O–H groups in total. The van der Waals surface area contributed by atoms with Gasteiger partial charge in [0.15, 0.2) is 0 Å². The van der Waals surface area contributed by atoms with Crippen LogP contribution in [0.25, 0.3) is 0 Å². The lowest BCUT2D eigenvalue weighted by molar-refractivity contribution is -0.125. The first-order valence-corrected chi connectivity index (χ1v) is 12.7. The van der Waals surface area contributed by atoms with E-state index in [1.807, 2.05) is 20.8 Å². The molecule has 1 aliphatic rings. The molecule has 34 heavy (non-hydrogen) atoms. The second-order valence-corrected chi connectivity index (χ2v) is 6.50. The van der Waals surface area contributed by atoms with Crippen LogP contribution >= 0.6 is 12.6 Å². The molecule has 208 valence electrons. The van der Waals surface area contributed by atoms with Crippen LogP contribution in [0.3, 0.4) is 0 Å². The van der Waals surface area contributed by atoms with Crippen molar-refractivity contribution in [3.8, 4) is 0 Å². The first-order valence-electron chi connectivity index (χ1n) is 11.8. The molecule has 1 aliphatic heterocycles. The number of hydrogen-bond acceptors (Lipinski definition) is 7. The molecule has 1 fully saturated rings. The number of piperazine rings is 1. The molecule has 0 atom stereocenters. The Bertz CT molecular complexity index is 401. The summed E-state index contributed by atoms with van der Waals surface area (Å²) in [5.41, 5.74) is 0. The Labute approximate surface area is 215 Å². The van der Waals surface area contributed by atoms with E-state index >= 15 is 0 Å². The van der Waals surface area contributed by atoms with Crippen LogP contribution in [0.15, 0.2) is 12.7 Å². The lowest BCUT2D eigenvalue weighted by atomic mass is 10.2. The third-order valence-electron chi connectivity index (χ3n) is 4.02. The van der Waals surface area contributed by atoms with Gasteiger partial charge in [0.25, 0.3) is 0 Å². The number of aliphatic hydroxyl groups excluding tert-OH is 1. The molecule has 1 saturated heterocycles. The van der Waals surface area contributed by atoms with Crippen LogP contribution in [0.1, 0.15) is 46.5 Å². The summed E-state index contributed by atoms with van der Waals surface area (Å²) < 4.78 is 14.2. The van der Waals surface area contributed by atoms with Gasteiger partial charge in [-0.25, -0.2) is 0 Å². The third kappa shape index (κ3) is 38.1. The van der Waals surface area contributed by atoms with Crippen molar-refractivity contribution in [3.05, 3.63) is 12.7 Å². The molecular weight excluding hydrogens is 459 g/mol. The standard InChI is InChI=1S/C16H32N4O3.C3H6.C2H6.CH3F.CH4O.CH4S/c1-19-10-12-20(13-11-19)9-8-18-15(21)6-4-3-5-7-17-16(22)14-23-2;1-3-2;4*1-2/h3-14H2,1-2H3,(H,17,22)(H,18,21);3H,1H2,2H3;1-2H3;1H3;2*2H,1H3. The van der Waals surface area contributed by atoms with E-state index in [1.54, 1.807) is 12.3 Å². The Kier molecular flexibility index (Phi) is 53.0. The van der Waals surface area contributed by atoms with Crippen molar-refractivity contribution in [2.75, 3.05) is 87.1 Å². The number of hydrogen-bond donors (Lipinski definition) is 4. The van der Waals surface area contributed by atoms with E-state index in [9.17, 15) is 14.0 Å². The molecule has 10 heteroatoms. The van der Waals surface area contributed by atoms with Crippen molar-refractivity contribution >= 4 is 24.4 Å². The van der Waals surface area contributed by atoms with Crippen molar-refractivity contribution in [1.29, 1.82) is 0 Å². The Morgan fingerprint density at radius 3 is 1.94 bits per heavy atom. The van der Waals surface area contributed by atoms with Crippen molar-refractivity contribution in [1.82, 2.24) is 20.4 Å². The van der Waals surface area contributed by atoms with Crippen molar-refractivity contribution in [2.24, 2.45) is 0 Å². The third-order valence-corrected chi connectivity index (χ3v) is 4.02. The summed E-state index contributed by atoms with van der Waals surface area (Å²) in [6, 6.07) is 0. The van der Waals surface area contributed by atoms with Crippen LogP contribution in [-0.4, -0.2) is 114 Å². The molecule has 0 aromatic carbocycles. The first kappa shape index (κ1) is 42.9. The number of unbranched alkanes of at least 4 members (excludes halogenated alkanes) is 2. The molecule has 0 aromatic heterocycles. The monoisotopic (exact) mass is 514 g/mol. The van der Waals surface area contributed by atoms with Crippen molar-refractivity contribution in [2.45, 2.75) is 46.5 Å². The van der Waals surface area contributed by atoms with Gasteiger partial charge in [-0.05, 0) is 33.1 Å². The van der Waals surface area contributed by atoms with E-state index in [-0.39, 0.29) is 18.4 Å². The number of allylic oxidation sites excluding steroid dienone is 1. The largest absolute Gasteiger partial charge is 0.400 e. The average molecular weight is 515 g/mol. The predicted octanol–water partition coefficient (Wildman–Crippen LogP) is 2.63. The summed E-state index contributed by atoms with van der Waals surface area (Å²) in [5.74, 6) is 0.0386. The molecular formula is C24H55FN4O4S. The molecule has 1 heterocycles. The highest BCUT2D eigenvalue weighted by molar-refractivity contribution is 7.79. The summed E-state index contributed by atoms with van der Waals surface area (Å²) in [6.45, 7) is 16.1. The molecule has 0 bridgehead atoms. The zero-order valence-corrected chi connectivity index (χ0v) is 24.1. The highest BCUT2D eigenvalue weighted by Crippen LogP contribution is 2.00. The van der Waals surface area contributed by atoms with Gasteiger partial charge in [-0.3, -0.25) is 18.9 Å². The van der Waals surface area contributed by atoms with Gasteiger partial charge in [-0.2, -0.15) is 12.6 Å². The Balaban J connectivity index is -0.000000220. The highest BCUT2D eigenvalue weighted by Gasteiger charge is 2.13. The van der Waals surface area contributed by atoms with Gasteiger partial charge in [0, 0.05) is 66.5 Å². The van der Waals surface area contributed by atoms with Gasteiger partial charge in [0.2, 0.25) is 11.8 Å².